The molecule has 0 spiro atoms. The first-order valence-corrected chi connectivity index (χ1v) is 5.32. The van der Waals surface area contributed by atoms with Crippen LogP contribution in [0.1, 0.15) is 35.8 Å². The predicted molar refractivity (Wildman–Crippen MR) is 63.0 cm³/mol. The number of carbonyl (C=O) groups excluding carboxylic acids is 1. The van der Waals surface area contributed by atoms with E-state index in [1.165, 1.54) is 0 Å². The number of nitrogens with zero attached hydrogens (tertiary/aromatic N) is 2. The minimum Gasteiger partial charge on any atom is -0.298 e. The summed E-state index contributed by atoms with van der Waals surface area (Å²) >= 11 is 0. The van der Waals surface area contributed by atoms with Crippen molar-refractivity contribution in [2.75, 3.05) is 0 Å². The second-order valence-electron chi connectivity index (χ2n) is 4.05. The van der Waals surface area contributed by atoms with E-state index in [0.717, 1.165) is 17.7 Å². The Balaban J connectivity index is 2.31. The molecule has 2 aromatic rings. The van der Waals surface area contributed by atoms with Crippen LogP contribution in [0.3, 0.4) is 0 Å². The minimum atomic E-state index is 0.426. The lowest BCUT2D eigenvalue weighted by Gasteiger charge is -2.02. The van der Waals surface area contributed by atoms with Crippen molar-refractivity contribution < 1.29 is 4.79 Å². The first-order valence-electron chi connectivity index (χ1n) is 5.32. The smallest absolute Gasteiger partial charge is 0.150 e. The van der Waals surface area contributed by atoms with E-state index in [2.05, 4.69) is 18.9 Å². The molecule has 0 amide bonds. The normalized spacial score (nSPS) is 10.7. The van der Waals surface area contributed by atoms with Crippen molar-refractivity contribution in [3.05, 3.63) is 47.8 Å². The molecule has 0 aliphatic carbocycles. The van der Waals surface area contributed by atoms with Crippen molar-refractivity contribution in [3.63, 3.8) is 0 Å². The molecule has 3 heteroatoms. The average molecular weight is 214 g/mol. The first-order chi connectivity index (χ1) is 7.70. The lowest BCUT2D eigenvalue weighted by Crippen LogP contribution is -1.97. The summed E-state index contributed by atoms with van der Waals surface area (Å²) in [4.78, 5) is 10.5. The van der Waals surface area contributed by atoms with Crippen LogP contribution < -0.4 is 0 Å². The molecule has 0 saturated carbocycles. The summed E-state index contributed by atoms with van der Waals surface area (Å²) in [5, 5.41) is 4.46. The van der Waals surface area contributed by atoms with Gasteiger partial charge in [0.2, 0.25) is 0 Å². The Morgan fingerprint density at radius 1 is 1.19 bits per heavy atom. The fraction of sp³-hybridized carbons (Fsp3) is 0.231. The molecule has 1 heterocycles. The number of aromatic nitrogens is 2. The Hall–Kier alpha value is -1.90. The van der Waals surface area contributed by atoms with Gasteiger partial charge in [-0.3, -0.25) is 4.79 Å². The lowest BCUT2D eigenvalue weighted by atomic mass is 10.1. The van der Waals surface area contributed by atoms with Gasteiger partial charge >= 0.3 is 0 Å². The number of hydrogen-bond donors (Lipinski definition) is 0. The third-order valence-electron chi connectivity index (χ3n) is 2.49. The van der Waals surface area contributed by atoms with E-state index >= 15 is 0 Å². The van der Waals surface area contributed by atoms with Gasteiger partial charge in [0.05, 0.1) is 11.4 Å². The van der Waals surface area contributed by atoms with Crippen LogP contribution in [0.2, 0.25) is 0 Å². The number of rotatable bonds is 3. The summed E-state index contributed by atoms with van der Waals surface area (Å²) in [6.07, 6.45) is 2.78. The summed E-state index contributed by atoms with van der Waals surface area (Å²) in [7, 11) is 0. The highest BCUT2D eigenvalue weighted by atomic mass is 16.1. The largest absolute Gasteiger partial charge is 0.298 e. The highest BCUT2D eigenvalue weighted by molar-refractivity contribution is 5.75. The van der Waals surface area contributed by atoms with Crippen molar-refractivity contribution in [3.8, 4) is 5.69 Å². The topological polar surface area (TPSA) is 34.9 Å². The Bertz CT molecular complexity index is 483. The molecule has 16 heavy (non-hydrogen) atoms. The molecule has 0 atom stereocenters. The summed E-state index contributed by atoms with van der Waals surface area (Å²) in [6.45, 7) is 4.23. The Morgan fingerprint density at radius 3 is 2.38 bits per heavy atom. The molecule has 0 aliphatic heterocycles. The molecule has 0 saturated heterocycles. The van der Waals surface area contributed by atoms with Crippen molar-refractivity contribution in [1.29, 1.82) is 0 Å². The number of carbonyl (C=O) groups is 1. The van der Waals surface area contributed by atoms with E-state index in [9.17, 15) is 4.79 Å². The lowest BCUT2D eigenvalue weighted by molar-refractivity contribution is 0.112. The fourth-order valence-electron chi connectivity index (χ4n) is 1.50. The quantitative estimate of drug-likeness (QED) is 0.736. The van der Waals surface area contributed by atoms with E-state index in [4.69, 9.17) is 0 Å². The molecule has 82 valence electrons. The van der Waals surface area contributed by atoms with Gasteiger partial charge in [-0.15, -0.1) is 0 Å². The van der Waals surface area contributed by atoms with Gasteiger partial charge in [0.15, 0.2) is 0 Å². The first kappa shape index (κ1) is 10.6. The molecule has 0 aliphatic rings. The monoisotopic (exact) mass is 214 g/mol. The van der Waals surface area contributed by atoms with Crippen LogP contribution in [-0.2, 0) is 0 Å². The van der Waals surface area contributed by atoms with Gasteiger partial charge in [-0.2, -0.15) is 5.10 Å². The Labute approximate surface area is 94.7 Å². The molecule has 0 radical (unpaired) electrons. The number of hydrogen-bond acceptors (Lipinski definition) is 2. The van der Waals surface area contributed by atoms with Gasteiger partial charge in [-0.05, 0) is 36.2 Å². The molecule has 2 rings (SSSR count). The SMILES string of the molecule is CC(C)c1ccn(-c2ccc(C=O)cc2)n1. The molecule has 0 fully saturated rings. The predicted octanol–water partition coefficient (Wildman–Crippen LogP) is 2.81. The van der Waals surface area contributed by atoms with E-state index in [1.807, 2.05) is 29.1 Å². The standard InChI is InChI=1S/C13H14N2O/c1-10(2)13-7-8-15(14-13)12-5-3-11(9-16)4-6-12/h3-10H,1-2H3. The van der Waals surface area contributed by atoms with Crippen LogP contribution in [0.25, 0.3) is 5.69 Å². The second kappa shape index (κ2) is 4.31. The molecule has 1 aromatic heterocycles. The molecule has 1 aromatic carbocycles. The summed E-state index contributed by atoms with van der Waals surface area (Å²) in [6, 6.07) is 9.37. The molecule has 0 N–H and O–H groups in total. The summed E-state index contributed by atoms with van der Waals surface area (Å²) in [5.41, 5.74) is 2.72. The van der Waals surface area contributed by atoms with Crippen LogP contribution in [-0.4, -0.2) is 16.1 Å². The number of aldehydes is 1. The van der Waals surface area contributed by atoms with Crippen molar-refractivity contribution >= 4 is 6.29 Å². The molecule has 3 nitrogen and oxygen atoms in total. The van der Waals surface area contributed by atoms with Crippen molar-refractivity contribution in [2.45, 2.75) is 19.8 Å². The maximum atomic E-state index is 10.5. The second-order valence-corrected chi connectivity index (χ2v) is 4.05. The maximum absolute atomic E-state index is 10.5. The summed E-state index contributed by atoms with van der Waals surface area (Å²) < 4.78 is 1.82. The molecule has 0 bridgehead atoms. The van der Waals surface area contributed by atoms with Crippen LogP contribution in [0.4, 0.5) is 0 Å². The zero-order chi connectivity index (χ0) is 11.5. The van der Waals surface area contributed by atoms with Crippen molar-refractivity contribution in [1.82, 2.24) is 9.78 Å². The number of benzene rings is 1. The van der Waals surface area contributed by atoms with Crippen molar-refractivity contribution in [2.24, 2.45) is 0 Å². The maximum Gasteiger partial charge on any atom is 0.150 e. The van der Waals surface area contributed by atoms with Gasteiger partial charge < -0.3 is 0 Å². The third-order valence-corrected chi connectivity index (χ3v) is 2.49. The highest BCUT2D eigenvalue weighted by Gasteiger charge is 2.04. The van der Waals surface area contributed by atoms with Gasteiger partial charge in [0, 0.05) is 11.8 Å². The van der Waals surface area contributed by atoms with E-state index in [-0.39, 0.29) is 0 Å². The van der Waals surface area contributed by atoms with E-state index in [1.54, 1.807) is 12.1 Å². The van der Waals surface area contributed by atoms with Gasteiger partial charge in [-0.1, -0.05) is 13.8 Å². The van der Waals surface area contributed by atoms with Crippen LogP contribution in [0.15, 0.2) is 36.5 Å². The molecule has 0 unspecified atom stereocenters. The molecular weight excluding hydrogens is 200 g/mol. The molecular formula is C13H14N2O. The Kier molecular flexibility index (Phi) is 2.86. The zero-order valence-corrected chi connectivity index (χ0v) is 9.42. The van der Waals surface area contributed by atoms with Gasteiger partial charge in [0.1, 0.15) is 6.29 Å². The summed E-state index contributed by atoms with van der Waals surface area (Å²) in [5.74, 6) is 0.426. The zero-order valence-electron chi connectivity index (χ0n) is 9.42. The van der Waals surface area contributed by atoms with Crippen LogP contribution in [0.5, 0.6) is 0 Å². The van der Waals surface area contributed by atoms with E-state index < -0.39 is 0 Å². The van der Waals surface area contributed by atoms with Crippen LogP contribution >= 0.6 is 0 Å². The average Bonchev–Trinajstić information content (AvgIpc) is 2.78. The highest BCUT2D eigenvalue weighted by Crippen LogP contribution is 2.14. The Morgan fingerprint density at radius 2 is 1.88 bits per heavy atom. The van der Waals surface area contributed by atoms with E-state index in [0.29, 0.717) is 11.5 Å². The van der Waals surface area contributed by atoms with Gasteiger partial charge in [0.25, 0.3) is 0 Å². The van der Waals surface area contributed by atoms with Crippen LogP contribution in [0, 0.1) is 0 Å². The third kappa shape index (κ3) is 2.03. The fourth-order valence-corrected chi connectivity index (χ4v) is 1.50. The van der Waals surface area contributed by atoms with Gasteiger partial charge in [-0.25, -0.2) is 4.68 Å². The minimum absolute atomic E-state index is 0.426.